The highest BCUT2D eigenvalue weighted by molar-refractivity contribution is 5.78. The van der Waals surface area contributed by atoms with Crippen LogP contribution >= 0.6 is 0 Å². The molecule has 0 aliphatic heterocycles. The largest absolute Gasteiger partial charge is 0.356 e. The van der Waals surface area contributed by atoms with Crippen molar-refractivity contribution in [3.63, 3.8) is 0 Å². The first-order valence-corrected chi connectivity index (χ1v) is 8.76. The van der Waals surface area contributed by atoms with Gasteiger partial charge in [-0.05, 0) is 36.6 Å². The van der Waals surface area contributed by atoms with Crippen LogP contribution in [0.15, 0.2) is 48.5 Å². The summed E-state index contributed by atoms with van der Waals surface area (Å²) in [6, 6.07) is 14.2. The Morgan fingerprint density at radius 2 is 1.81 bits per heavy atom. The molecule has 0 radical (unpaired) electrons. The maximum Gasteiger partial charge on any atom is 0.221 e. The molecule has 0 heterocycles. The topological polar surface area (TPSA) is 49.4 Å². The molecule has 0 aromatic heterocycles. The molecule has 0 saturated carbocycles. The quantitative estimate of drug-likeness (QED) is 0.789. The minimum Gasteiger partial charge on any atom is -0.356 e. The molecule has 4 nitrogen and oxygen atoms in total. The molecule has 2 aromatic carbocycles. The number of halogens is 1. The van der Waals surface area contributed by atoms with Gasteiger partial charge in [-0.15, -0.1) is 0 Å². The van der Waals surface area contributed by atoms with Gasteiger partial charge in [-0.3, -0.25) is 9.59 Å². The fourth-order valence-electron chi connectivity index (χ4n) is 2.70. The molecule has 0 aliphatic rings. The van der Waals surface area contributed by atoms with Gasteiger partial charge in [-0.2, -0.15) is 0 Å². The van der Waals surface area contributed by atoms with Gasteiger partial charge in [-0.25, -0.2) is 4.39 Å². The van der Waals surface area contributed by atoms with E-state index in [1.807, 2.05) is 31.2 Å². The summed E-state index contributed by atoms with van der Waals surface area (Å²) in [6.07, 6.45) is 0.903. The smallest absolute Gasteiger partial charge is 0.221 e. The zero-order valence-corrected chi connectivity index (χ0v) is 15.3. The van der Waals surface area contributed by atoms with Crippen LogP contribution in [0.5, 0.6) is 0 Å². The Morgan fingerprint density at radius 3 is 2.46 bits per heavy atom. The number of nitrogens with zero attached hydrogens (tertiary/aromatic N) is 1. The van der Waals surface area contributed by atoms with Crippen LogP contribution in [0.25, 0.3) is 0 Å². The van der Waals surface area contributed by atoms with Crippen LogP contribution in [0.3, 0.4) is 0 Å². The molecule has 138 valence electrons. The number of rotatable bonds is 8. The van der Waals surface area contributed by atoms with Gasteiger partial charge in [-0.1, -0.05) is 42.0 Å². The molecule has 26 heavy (non-hydrogen) atoms. The van der Waals surface area contributed by atoms with E-state index in [-0.39, 0.29) is 24.1 Å². The van der Waals surface area contributed by atoms with Crippen LogP contribution in [0.1, 0.15) is 30.0 Å². The van der Waals surface area contributed by atoms with Crippen LogP contribution in [-0.2, 0) is 22.6 Å². The van der Waals surface area contributed by atoms with Crippen LogP contribution in [0, 0.1) is 12.7 Å². The third-order valence-electron chi connectivity index (χ3n) is 4.16. The third-order valence-corrected chi connectivity index (χ3v) is 4.16. The van der Waals surface area contributed by atoms with Gasteiger partial charge in [0.25, 0.3) is 0 Å². The third kappa shape index (κ3) is 6.67. The maximum absolute atomic E-state index is 12.9. The number of hydrogen-bond donors (Lipinski definition) is 1. The van der Waals surface area contributed by atoms with Crippen molar-refractivity contribution in [2.24, 2.45) is 0 Å². The Bertz CT molecular complexity index is 744. The first-order chi connectivity index (χ1) is 12.4. The highest BCUT2D eigenvalue weighted by Gasteiger charge is 2.12. The minimum atomic E-state index is -0.268. The highest BCUT2D eigenvalue weighted by atomic mass is 19.1. The van der Waals surface area contributed by atoms with Gasteiger partial charge in [0.1, 0.15) is 5.82 Å². The summed E-state index contributed by atoms with van der Waals surface area (Å²) in [6.45, 7) is 4.90. The summed E-state index contributed by atoms with van der Waals surface area (Å²) in [5.41, 5.74) is 3.16. The van der Waals surface area contributed by atoms with Gasteiger partial charge in [0.15, 0.2) is 0 Å². The predicted octanol–water partition coefficient (Wildman–Crippen LogP) is 3.23. The standard InChI is InChI=1S/C21H25FN2O2/c1-16-4-3-5-19(14-16)15-24(17(2)25)13-11-21(26)23-12-10-18-6-8-20(22)9-7-18/h3-9,14H,10-13,15H2,1-2H3,(H,23,26). The number of carbonyl (C=O) groups excluding carboxylic acids is 2. The predicted molar refractivity (Wildman–Crippen MR) is 100 cm³/mol. The summed E-state index contributed by atoms with van der Waals surface area (Å²) in [7, 11) is 0. The first-order valence-electron chi connectivity index (χ1n) is 8.76. The van der Waals surface area contributed by atoms with Crippen molar-refractivity contribution in [2.45, 2.75) is 33.2 Å². The molecule has 0 fully saturated rings. The van der Waals surface area contributed by atoms with Crippen molar-refractivity contribution in [1.82, 2.24) is 10.2 Å². The average Bonchev–Trinajstić information content (AvgIpc) is 2.60. The van der Waals surface area contributed by atoms with E-state index in [0.717, 1.165) is 16.7 Å². The first kappa shape index (κ1) is 19.6. The van der Waals surface area contributed by atoms with E-state index >= 15 is 0 Å². The van der Waals surface area contributed by atoms with E-state index in [0.29, 0.717) is 26.1 Å². The minimum absolute atomic E-state index is 0.0504. The summed E-state index contributed by atoms with van der Waals surface area (Å²) in [4.78, 5) is 25.5. The Kier molecular flexibility index (Phi) is 7.33. The average molecular weight is 356 g/mol. The zero-order chi connectivity index (χ0) is 18.9. The SMILES string of the molecule is CC(=O)N(CCC(=O)NCCc1ccc(F)cc1)Cc1cccc(C)c1. The summed E-state index contributed by atoms with van der Waals surface area (Å²) in [5.74, 6) is -0.413. The maximum atomic E-state index is 12.9. The number of hydrogen-bond acceptors (Lipinski definition) is 2. The number of aryl methyl sites for hydroxylation is 1. The van der Waals surface area contributed by atoms with E-state index < -0.39 is 0 Å². The molecular formula is C21H25FN2O2. The van der Waals surface area contributed by atoms with Gasteiger partial charge < -0.3 is 10.2 Å². The number of benzene rings is 2. The lowest BCUT2D eigenvalue weighted by Crippen LogP contribution is -2.34. The van der Waals surface area contributed by atoms with Crippen molar-refractivity contribution in [1.29, 1.82) is 0 Å². The number of amides is 2. The highest BCUT2D eigenvalue weighted by Crippen LogP contribution is 2.08. The van der Waals surface area contributed by atoms with Crippen LogP contribution in [0.2, 0.25) is 0 Å². The lowest BCUT2D eigenvalue weighted by molar-refractivity contribution is -0.130. The van der Waals surface area contributed by atoms with Crippen LogP contribution in [0.4, 0.5) is 4.39 Å². The van der Waals surface area contributed by atoms with E-state index in [4.69, 9.17) is 0 Å². The molecule has 2 rings (SSSR count). The molecule has 2 amide bonds. The molecule has 5 heteroatoms. The van der Waals surface area contributed by atoms with Crippen LogP contribution in [-0.4, -0.2) is 29.8 Å². The van der Waals surface area contributed by atoms with Gasteiger partial charge in [0.05, 0.1) is 0 Å². The van der Waals surface area contributed by atoms with Crippen molar-refractivity contribution in [3.8, 4) is 0 Å². The van der Waals surface area contributed by atoms with Crippen molar-refractivity contribution < 1.29 is 14.0 Å². The van der Waals surface area contributed by atoms with E-state index in [9.17, 15) is 14.0 Å². The van der Waals surface area contributed by atoms with Gasteiger partial charge >= 0.3 is 0 Å². The molecule has 2 aromatic rings. The summed E-state index contributed by atoms with van der Waals surface area (Å²) >= 11 is 0. The Labute approximate surface area is 154 Å². The molecule has 0 aliphatic carbocycles. The monoisotopic (exact) mass is 356 g/mol. The number of nitrogens with one attached hydrogen (secondary N) is 1. The summed E-state index contributed by atoms with van der Waals surface area (Å²) in [5, 5.41) is 2.84. The second-order valence-electron chi connectivity index (χ2n) is 6.41. The fourth-order valence-corrected chi connectivity index (χ4v) is 2.70. The van der Waals surface area contributed by atoms with E-state index in [2.05, 4.69) is 5.32 Å². The normalized spacial score (nSPS) is 10.4. The van der Waals surface area contributed by atoms with Gasteiger partial charge in [0, 0.05) is 33.0 Å². The van der Waals surface area contributed by atoms with Crippen molar-refractivity contribution >= 4 is 11.8 Å². The van der Waals surface area contributed by atoms with E-state index in [1.165, 1.54) is 19.1 Å². The van der Waals surface area contributed by atoms with Gasteiger partial charge in [0.2, 0.25) is 11.8 Å². The molecule has 0 bridgehead atoms. The fraction of sp³-hybridized carbons (Fsp3) is 0.333. The Morgan fingerprint density at radius 1 is 1.08 bits per heavy atom. The summed E-state index contributed by atoms with van der Waals surface area (Å²) < 4.78 is 12.9. The van der Waals surface area contributed by atoms with E-state index in [1.54, 1.807) is 17.0 Å². The Balaban J connectivity index is 1.76. The molecule has 0 atom stereocenters. The molecule has 0 spiro atoms. The zero-order valence-electron chi connectivity index (χ0n) is 15.3. The second-order valence-corrected chi connectivity index (χ2v) is 6.41. The second kappa shape index (κ2) is 9.70. The van der Waals surface area contributed by atoms with Crippen molar-refractivity contribution in [2.75, 3.05) is 13.1 Å². The number of carbonyl (C=O) groups is 2. The van der Waals surface area contributed by atoms with Crippen molar-refractivity contribution in [3.05, 3.63) is 71.0 Å². The molecular weight excluding hydrogens is 331 g/mol. The lowest BCUT2D eigenvalue weighted by Gasteiger charge is -2.21. The lowest BCUT2D eigenvalue weighted by atomic mass is 10.1. The van der Waals surface area contributed by atoms with Crippen LogP contribution < -0.4 is 5.32 Å². The molecule has 0 unspecified atom stereocenters. The molecule has 0 saturated heterocycles. The Hall–Kier alpha value is -2.69. The molecule has 1 N–H and O–H groups in total.